The normalized spacial score (nSPS) is 14.0. The van der Waals surface area contributed by atoms with Gasteiger partial charge in [0.2, 0.25) is 5.66 Å². The minimum Gasteiger partial charge on any atom is -0.466 e. The van der Waals surface area contributed by atoms with Gasteiger partial charge in [0.05, 0.1) is 7.11 Å². The predicted molar refractivity (Wildman–Crippen MR) is 99.0 cm³/mol. The van der Waals surface area contributed by atoms with Crippen LogP contribution in [-0.4, -0.2) is 34.2 Å². The van der Waals surface area contributed by atoms with E-state index in [0.717, 1.165) is 5.56 Å². The van der Waals surface area contributed by atoms with Crippen LogP contribution in [0.1, 0.15) is 26.3 Å². The van der Waals surface area contributed by atoms with Gasteiger partial charge in [-0.05, 0) is 26.3 Å². The number of alkyl halides is 2. The van der Waals surface area contributed by atoms with Crippen molar-refractivity contribution in [2.24, 2.45) is 0 Å². The molecule has 8 heteroatoms. The first-order chi connectivity index (χ1) is 11.1. The Kier molecular flexibility index (Phi) is 7.69. The van der Waals surface area contributed by atoms with E-state index in [0.29, 0.717) is 6.54 Å². The molecule has 0 aromatic heterocycles. The molecule has 24 heavy (non-hydrogen) atoms. The van der Waals surface area contributed by atoms with Crippen LogP contribution in [0.15, 0.2) is 30.3 Å². The minimum absolute atomic E-state index is 0.333. The molecule has 0 radical (unpaired) electrons. The number of nitrogens with one attached hydrogen (secondary N) is 2. The number of carbonyl (C=O) groups is 2. The summed E-state index contributed by atoms with van der Waals surface area (Å²) in [6.07, 6.45) is -0.739. The Balaban J connectivity index is 3.01. The summed E-state index contributed by atoms with van der Waals surface area (Å²) in [6, 6.07) is 9.48. The van der Waals surface area contributed by atoms with E-state index in [2.05, 4.69) is 42.5 Å². The second-order valence-electron chi connectivity index (χ2n) is 6.07. The Morgan fingerprint density at radius 1 is 1.17 bits per heavy atom. The molecule has 0 spiro atoms. The smallest absolute Gasteiger partial charge is 0.409 e. The number of rotatable bonds is 6. The lowest BCUT2D eigenvalue weighted by Crippen LogP contribution is -2.68. The summed E-state index contributed by atoms with van der Waals surface area (Å²) in [6.45, 7) is 5.55. The Bertz CT molecular complexity index is 561. The Labute approximate surface area is 158 Å². The van der Waals surface area contributed by atoms with Gasteiger partial charge in [0.1, 0.15) is 9.34 Å². The van der Waals surface area contributed by atoms with Crippen LogP contribution in [0, 0.1) is 0 Å². The molecule has 0 aliphatic heterocycles. The van der Waals surface area contributed by atoms with Crippen LogP contribution in [0.5, 0.6) is 0 Å². The molecule has 6 nitrogen and oxygen atoms in total. The molecule has 1 unspecified atom stereocenters. The van der Waals surface area contributed by atoms with Gasteiger partial charge in [0.25, 0.3) is 0 Å². The number of hydrogen-bond acceptors (Lipinski definition) is 5. The van der Waals surface area contributed by atoms with Gasteiger partial charge in [-0.1, -0.05) is 62.2 Å². The third kappa shape index (κ3) is 6.07. The summed E-state index contributed by atoms with van der Waals surface area (Å²) in [4.78, 5) is 24.6. The topological polar surface area (TPSA) is 76.7 Å². The first kappa shape index (κ1) is 20.9. The van der Waals surface area contributed by atoms with Crippen molar-refractivity contribution in [3.63, 3.8) is 0 Å². The zero-order chi connectivity index (χ0) is 18.4. The monoisotopic (exact) mass is 464 g/mol. The molecule has 0 aliphatic rings. The van der Waals surface area contributed by atoms with Crippen molar-refractivity contribution in [2.75, 3.05) is 7.11 Å². The molecule has 0 saturated carbocycles. The van der Waals surface area contributed by atoms with Gasteiger partial charge in [-0.2, -0.15) is 0 Å². The number of carbonyl (C=O) groups excluding carboxylic acids is 2. The van der Waals surface area contributed by atoms with E-state index < -0.39 is 27.1 Å². The number of esters is 1. The Morgan fingerprint density at radius 3 is 2.21 bits per heavy atom. The van der Waals surface area contributed by atoms with E-state index >= 15 is 0 Å². The predicted octanol–water partition coefficient (Wildman–Crippen LogP) is 3.29. The average Bonchev–Trinajstić information content (AvgIpc) is 2.49. The Morgan fingerprint density at radius 2 is 1.75 bits per heavy atom. The van der Waals surface area contributed by atoms with Gasteiger partial charge in [-0.15, -0.1) is 0 Å². The molecule has 134 valence electrons. The summed E-state index contributed by atoms with van der Waals surface area (Å²) in [5.41, 5.74) is -1.30. The lowest BCUT2D eigenvalue weighted by Gasteiger charge is -2.35. The molecule has 0 bridgehead atoms. The number of hydrogen-bond donors (Lipinski definition) is 2. The van der Waals surface area contributed by atoms with Crippen LogP contribution in [0.4, 0.5) is 4.79 Å². The van der Waals surface area contributed by atoms with Crippen molar-refractivity contribution >= 4 is 43.9 Å². The molecule has 1 amide bonds. The minimum atomic E-state index is -1.55. The summed E-state index contributed by atoms with van der Waals surface area (Å²) in [5.74, 6) is -0.664. The van der Waals surface area contributed by atoms with Crippen molar-refractivity contribution in [1.82, 2.24) is 10.6 Å². The highest BCUT2D eigenvalue weighted by Gasteiger charge is 2.47. The fourth-order valence-corrected chi connectivity index (χ4v) is 2.78. The van der Waals surface area contributed by atoms with Crippen molar-refractivity contribution in [3.8, 4) is 0 Å². The number of alkyl carbamates (subject to hydrolysis) is 1. The highest BCUT2D eigenvalue weighted by atomic mass is 79.9. The van der Waals surface area contributed by atoms with E-state index in [1.165, 1.54) is 7.11 Å². The lowest BCUT2D eigenvalue weighted by atomic mass is 10.1. The number of halogens is 2. The van der Waals surface area contributed by atoms with Crippen LogP contribution in [-0.2, 0) is 20.8 Å². The van der Waals surface area contributed by atoms with Gasteiger partial charge in [0.15, 0.2) is 0 Å². The highest BCUT2D eigenvalue weighted by Crippen LogP contribution is 2.25. The van der Waals surface area contributed by atoms with Crippen molar-refractivity contribution < 1.29 is 19.1 Å². The van der Waals surface area contributed by atoms with Crippen molar-refractivity contribution in [1.29, 1.82) is 0 Å². The second-order valence-corrected chi connectivity index (χ2v) is 9.13. The van der Waals surface area contributed by atoms with Crippen LogP contribution in [0.2, 0.25) is 0 Å². The van der Waals surface area contributed by atoms with Crippen LogP contribution in [0.25, 0.3) is 0 Å². The number of amides is 1. The zero-order valence-corrected chi connectivity index (χ0v) is 17.2. The van der Waals surface area contributed by atoms with E-state index in [1.54, 1.807) is 20.8 Å². The first-order valence-corrected chi connectivity index (χ1v) is 9.10. The molecule has 1 aromatic carbocycles. The van der Waals surface area contributed by atoms with E-state index in [4.69, 9.17) is 9.47 Å². The van der Waals surface area contributed by atoms with Crippen molar-refractivity contribution in [3.05, 3.63) is 35.9 Å². The highest BCUT2D eigenvalue weighted by molar-refractivity contribution is 9.24. The maximum absolute atomic E-state index is 12.4. The molecule has 1 rings (SSSR count). The molecular formula is C16H22Br2N2O4. The summed E-state index contributed by atoms with van der Waals surface area (Å²) in [7, 11) is 1.25. The average molecular weight is 466 g/mol. The maximum Gasteiger partial charge on any atom is 0.409 e. The third-order valence-electron chi connectivity index (χ3n) is 2.95. The van der Waals surface area contributed by atoms with Crippen LogP contribution < -0.4 is 10.6 Å². The molecule has 0 fully saturated rings. The van der Waals surface area contributed by atoms with E-state index in [1.807, 2.05) is 30.3 Å². The second kappa shape index (κ2) is 8.82. The number of benzene rings is 1. The molecule has 0 heterocycles. The van der Waals surface area contributed by atoms with Crippen LogP contribution in [0.3, 0.4) is 0 Å². The molecule has 0 saturated heterocycles. The molecule has 0 aliphatic carbocycles. The van der Waals surface area contributed by atoms with Gasteiger partial charge >= 0.3 is 12.1 Å². The molecule has 1 atom stereocenters. The first-order valence-electron chi connectivity index (χ1n) is 7.27. The zero-order valence-electron chi connectivity index (χ0n) is 14.1. The third-order valence-corrected chi connectivity index (χ3v) is 4.32. The SMILES string of the molecule is COC(=O)C(NCc1ccccc1)(NC(=O)OC(C)(C)C)C(Br)Br. The van der Waals surface area contributed by atoms with E-state index in [-0.39, 0.29) is 0 Å². The van der Waals surface area contributed by atoms with Gasteiger partial charge in [-0.25, -0.2) is 9.59 Å². The van der Waals surface area contributed by atoms with Gasteiger partial charge < -0.3 is 9.47 Å². The lowest BCUT2D eigenvalue weighted by molar-refractivity contribution is -0.149. The largest absolute Gasteiger partial charge is 0.466 e. The standard InChI is InChI=1S/C16H22Br2N2O4/c1-15(2,3)24-14(22)20-16(12(17)18,13(21)23-4)19-10-11-8-6-5-7-9-11/h5-9,12,19H,10H2,1-4H3,(H,20,22). The molecular weight excluding hydrogens is 444 g/mol. The van der Waals surface area contributed by atoms with Gasteiger partial charge in [-0.3, -0.25) is 10.6 Å². The summed E-state index contributed by atoms with van der Waals surface area (Å²) < 4.78 is 9.48. The number of ether oxygens (including phenoxy) is 2. The van der Waals surface area contributed by atoms with Crippen LogP contribution >= 0.6 is 31.9 Å². The molecule has 1 aromatic rings. The summed E-state index contributed by atoms with van der Waals surface area (Å²) in [5, 5.41) is 5.60. The fraction of sp³-hybridized carbons (Fsp3) is 0.500. The Hall–Kier alpha value is -1.12. The summed E-state index contributed by atoms with van der Waals surface area (Å²) >= 11 is 6.61. The molecule has 2 N–H and O–H groups in total. The fourth-order valence-electron chi connectivity index (χ4n) is 1.85. The maximum atomic E-state index is 12.4. The number of methoxy groups -OCH3 is 1. The van der Waals surface area contributed by atoms with Crippen molar-refractivity contribution in [2.45, 2.75) is 42.3 Å². The van der Waals surface area contributed by atoms with Gasteiger partial charge in [0, 0.05) is 6.54 Å². The quantitative estimate of drug-likeness (QED) is 0.383. The van der Waals surface area contributed by atoms with E-state index in [9.17, 15) is 9.59 Å².